The molecule has 3 N–H and O–H groups in total. The maximum Gasteiger partial charge on any atom is 0.407 e. The number of nitrogens with one attached hydrogen (secondary N) is 3. The SMILES string of the molecule is COC(=O)N[C@H](C(=O)N1CCC[C@H]1c1ncc(-c2ccc3cc(-c4ccc(-c5cnc([C@@H]6CCCN6C(=O)C(c6ccc7c(c6)OCO7)N(C)C)[nH]5)cc4)ccc3c2)[nH]1)C(C)C. The predicted octanol–water partition coefficient (Wildman–Crippen LogP) is 8.03. The Morgan fingerprint density at radius 1 is 0.726 bits per heavy atom. The van der Waals surface area contributed by atoms with E-state index in [1.54, 1.807) is 0 Å². The number of ether oxygens (including phenoxy) is 3. The van der Waals surface area contributed by atoms with Crippen molar-refractivity contribution in [1.82, 2.24) is 40.0 Å². The number of aromatic amines is 2. The summed E-state index contributed by atoms with van der Waals surface area (Å²) in [6.07, 6.45) is 6.45. The molecule has 3 aliphatic rings. The number of aromatic nitrogens is 4. The number of likely N-dealkylation sites (tertiary alicyclic amines) is 2. The van der Waals surface area contributed by atoms with Crippen LogP contribution in [0.3, 0.4) is 0 Å². The van der Waals surface area contributed by atoms with Gasteiger partial charge >= 0.3 is 6.09 Å². The van der Waals surface area contributed by atoms with E-state index in [-0.39, 0.29) is 36.6 Å². The Bertz CT molecular complexity index is 2620. The summed E-state index contributed by atoms with van der Waals surface area (Å²) in [7, 11) is 5.15. The minimum absolute atomic E-state index is 0.0366. The average Bonchev–Trinajstić information content (AvgIpc) is 4.14. The van der Waals surface area contributed by atoms with Gasteiger partial charge in [0.25, 0.3) is 0 Å². The van der Waals surface area contributed by atoms with Crippen LogP contribution in [-0.2, 0) is 14.3 Å². The van der Waals surface area contributed by atoms with Crippen molar-refractivity contribution in [2.75, 3.05) is 41.1 Å². The van der Waals surface area contributed by atoms with E-state index < -0.39 is 18.2 Å². The predicted molar refractivity (Wildman–Crippen MR) is 235 cm³/mol. The number of rotatable bonds is 11. The number of nitrogens with zero attached hydrogens (tertiary/aromatic N) is 5. The summed E-state index contributed by atoms with van der Waals surface area (Å²) in [5.41, 5.74) is 6.87. The van der Waals surface area contributed by atoms with Crippen LogP contribution in [0.25, 0.3) is 44.4 Å². The second kappa shape index (κ2) is 17.0. The average molecular weight is 837 g/mol. The summed E-state index contributed by atoms with van der Waals surface area (Å²) in [4.78, 5) is 62.1. The number of H-pyrrole nitrogens is 2. The van der Waals surface area contributed by atoms with Crippen molar-refractivity contribution in [3.05, 3.63) is 108 Å². The largest absolute Gasteiger partial charge is 0.454 e. The minimum Gasteiger partial charge on any atom is -0.454 e. The lowest BCUT2D eigenvalue weighted by atomic mass is 9.98. The van der Waals surface area contributed by atoms with Crippen LogP contribution in [0.5, 0.6) is 11.5 Å². The molecule has 0 bridgehead atoms. The van der Waals surface area contributed by atoms with Gasteiger partial charge in [-0.3, -0.25) is 14.5 Å². The van der Waals surface area contributed by atoms with Crippen LogP contribution in [-0.4, -0.2) is 99.7 Å². The second-order valence-corrected chi connectivity index (χ2v) is 16.9. The molecular weight excluding hydrogens is 785 g/mol. The molecule has 9 rings (SSSR count). The highest BCUT2D eigenvalue weighted by atomic mass is 16.7. The summed E-state index contributed by atoms with van der Waals surface area (Å²) in [6, 6.07) is 25.5. The number of fused-ring (bicyclic) bond motifs is 2. The number of amides is 3. The number of benzene rings is 4. The molecule has 62 heavy (non-hydrogen) atoms. The van der Waals surface area contributed by atoms with Crippen LogP contribution in [0.15, 0.2) is 91.3 Å². The number of imidazole rings is 2. The number of methoxy groups -OCH3 is 1. The Balaban J connectivity index is 0.870. The number of alkyl carbamates (subject to hydrolysis) is 1. The molecule has 4 aromatic carbocycles. The summed E-state index contributed by atoms with van der Waals surface area (Å²) in [6.45, 7) is 5.27. The molecule has 1 unspecified atom stereocenters. The van der Waals surface area contributed by atoms with Gasteiger partial charge in [0.2, 0.25) is 18.6 Å². The van der Waals surface area contributed by atoms with Gasteiger partial charge in [-0.05, 0) is 103 Å². The fourth-order valence-corrected chi connectivity index (χ4v) is 9.15. The van der Waals surface area contributed by atoms with E-state index in [0.717, 1.165) is 87.3 Å². The van der Waals surface area contributed by atoms with Gasteiger partial charge in [0.05, 0.1) is 43.0 Å². The molecule has 0 radical (unpaired) electrons. The molecule has 320 valence electrons. The van der Waals surface area contributed by atoms with Gasteiger partial charge in [-0.2, -0.15) is 0 Å². The van der Waals surface area contributed by atoms with Crippen LogP contribution < -0.4 is 14.8 Å². The monoisotopic (exact) mass is 836 g/mol. The van der Waals surface area contributed by atoms with Crippen LogP contribution in [0, 0.1) is 5.92 Å². The fourth-order valence-electron chi connectivity index (χ4n) is 9.15. The molecule has 0 spiro atoms. The zero-order chi connectivity index (χ0) is 43.1. The van der Waals surface area contributed by atoms with Crippen molar-refractivity contribution in [2.24, 2.45) is 5.92 Å². The van der Waals surface area contributed by atoms with Gasteiger partial charge in [0.1, 0.15) is 23.7 Å². The third-order valence-electron chi connectivity index (χ3n) is 12.4. The number of carbonyl (C=O) groups is 3. The number of carbonyl (C=O) groups excluding carboxylic acids is 3. The molecule has 2 fully saturated rings. The van der Waals surface area contributed by atoms with Crippen molar-refractivity contribution in [3.63, 3.8) is 0 Å². The molecule has 3 aliphatic heterocycles. The first-order chi connectivity index (χ1) is 30.1. The zero-order valence-corrected chi connectivity index (χ0v) is 35.7. The minimum atomic E-state index is -0.685. The molecule has 4 atom stereocenters. The number of likely N-dealkylation sites (N-methyl/N-ethyl adjacent to an activating group) is 1. The molecular formula is C48H52N8O6. The lowest BCUT2D eigenvalue weighted by Crippen LogP contribution is -2.51. The third-order valence-corrected chi connectivity index (χ3v) is 12.4. The highest BCUT2D eigenvalue weighted by Crippen LogP contribution is 2.39. The maximum atomic E-state index is 14.2. The van der Waals surface area contributed by atoms with Gasteiger partial charge in [0, 0.05) is 18.7 Å². The fraction of sp³-hybridized carbons (Fsp3) is 0.354. The van der Waals surface area contributed by atoms with Crippen molar-refractivity contribution in [3.8, 4) is 45.1 Å². The molecule has 0 aliphatic carbocycles. The molecule has 14 heteroatoms. The summed E-state index contributed by atoms with van der Waals surface area (Å²) < 4.78 is 15.9. The first-order valence-electron chi connectivity index (χ1n) is 21.3. The van der Waals surface area contributed by atoms with Gasteiger partial charge in [-0.25, -0.2) is 14.8 Å². The molecule has 14 nitrogen and oxygen atoms in total. The summed E-state index contributed by atoms with van der Waals surface area (Å²) in [5.74, 6) is 2.69. The Morgan fingerprint density at radius 2 is 1.29 bits per heavy atom. The Labute approximate surface area is 360 Å². The molecule has 5 heterocycles. The maximum absolute atomic E-state index is 14.2. The van der Waals surface area contributed by atoms with E-state index in [9.17, 15) is 14.4 Å². The van der Waals surface area contributed by atoms with Crippen LogP contribution in [0.4, 0.5) is 4.79 Å². The smallest absolute Gasteiger partial charge is 0.407 e. The summed E-state index contributed by atoms with van der Waals surface area (Å²) >= 11 is 0. The van der Waals surface area contributed by atoms with E-state index in [4.69, 9.17) is 24.2 Å². The molecule has 0 saturated carbocycles. The van der Waals surface area contributed by atoms with Crippen molar-refractivity contribution in [1.29, 1.82) is 0 Å². The number of hydrogen-bond acceptors (Lipinski definition) is 9. The summed E-state index contributed by atoms with van der Waals surface area (Å²) in [5, 5.41) is 4.93. The Kier molecular flexibility index (Phi) is 11.2. The molecule has 6 aromatic rings. The molecule has 2 aromatic heterocycles. The van der Waals surface area contributed by atoms with Gasteiger partial charge in [-0.15, -0.1) is 0 Å². The van der Waals surface area contributed by atoms with E-state index >= 15 is 0 Å². The topological polar surface area (TPSA) is 158 Å². The molecule has 2 saturated heterocycles. The van der Waals surface area contributed by atoms with Gasteiger partial charge in [0.15, 0.2) is 11.5 Å². The van der Waals surface area contributed by atoms with Crippen LogP contribution in [0.1, 0.15) is 74.9 Å². The quantitative estimate of drug-likeness (QED) is 0.118. The third kappa shape index (κ3) is 7.86. The first-order valence-corrected chi connectivity index (χ1v) is 21.3. The van der Waals surface area contributed by atoms with Crippen LogP contribution in [0.2, 0.25) is 0 Å². The lowest BCUT2D eigenvalue weighted by molar-refractivity contribution is -0.137. The van der Waals surface area contributed by atoms with Crippen molar-refractivity contribution in [2.45, 2.75) is 63.7 Å². The lowest BCUT2D eigenvalue weighted by Gasteiger charge is -2.31. The van der Waals surface area contributed by atoms with Gasteiger partial charge < -0.3 is 39.3 Å². The highest BCUT2D eigenvalue weighted by molar-refractivity contribution is 5.91. The van der Waals surface area contributed by atoms with E-state index in [1.807, 2.05) is 73.2 Å². The van der Waals surface area contributed by atoms with E-state index in [1.165, 1.54) is 7.11 Å². The zero-order valence-electron chi connectivity index (χ0n) is 35.7. The second-order valence-electron chi connectivity index (χ2n) is 16.9. The van der Waals surface area contributed by atoms with Crippen molar-refractivity contribution >= 4 is 28.7 Å². The first kappa shape index (κ1) is 40.7. The van der Waals surface area contributed by atoms with Crippen LogP contribution >= 0.6 is 0 Å². The highest BCUT2D eigenvalue weighted by Gasteiger charge is 2.39. The normalized spacial score (nSPS) is 18.2. The van der Waals surface area contributed by atoms with E-state index in [2.05, 4.69) is 75.9 Å². The Hall–Kier alpha value is -6.67. The Morgan fingerprint density at radius 3 is 1.92 bits per heavy atom. The molecule has 3 amide bonds. The van der Waals surface area contributed by atoms with Crippen molar-refractivity contribution < 1.29 is 28.6 Å². The standard InChI is InChI=1S/C48H52N8O6/c1-28(2)42(53-48(59)60-5)46(57)55-20-6-8-38(55)44-50-26-37(52-44)34-17-16-32-22-31(14-15-33(32)23-34)29-10-12-30(13-11-29)36-25-49-45(51-36)39-9-7-21-56(39)47(58)43(54(3)4)35-18-19-40-41(24-35)62-27-61-40/h10-19,22-26,28,38-39,42-43H,6-9,20-21,27H2,1-5H3,(H,49,51)(H,50,52)(H,53,59)/t38-,39-,42-,43?/m0/s1. The number of hydrogen-bond donors (Lipinski definition) is 3. The van der Waals surface area contributed by atoms with E-state index in [0.29, 0.717) is 24.6 Å². The van der Waals surface area contributed by atoms with Gasteiger partial charge in [-0.1, -0.05) is 68.4 Å².